The van der Waals surface area contributed by atoms with Crippen LogP contribution in [0.4, 0.5) is 15.8 Å². The fraction of sp³-hybridized carbons (Fsp3) is 0.333. The van der Waals surface area contributed by atoms with Crippen molar-refractivity contribution in [1.29, 1.82) is 0 Å². The van der Waals surface area contributed by atoms with Crippen molar-refractivity contribution in [3.8, 4) is 5.75 Å². The highest BCUT2D eigenvalue weighted by Gasteiger charge is 2.22. The number of nitro benzene ring substituents is 1. The van der Waals surface area contributed by atoms with Crippen molar-refractivity contribution >= 4 is 23.0 Å². The highest BCUT2D eigenvalue weighted by atomic mass is 35.5. The van der Waals surface area contributed by atoms with E-state index in [2.05, 4.69) is 4.90 Å². The minimum absolute atomic E-state index is 0.00729. The first-order valence-electron chi connectivity index (χ1n) is 8.10. The van der Waals surface area contributed by atoms with E-state index in [-0.39, 0.29) is 11.5 Å². The molecule has 2 aromatic rings. The lowest BCUT2D eigenvalue weighted by Crippen LogP contribution is -2.35. The number of nitrogens with zero attached hydrogens (tertiary/aromatic N) is 2. The molecule has 3 rings (SSSR count). The average Bonchev–Trinajstić information content (AvgIpc) is 2.60. The van der Waals surface area contributed by atoms with Gasteiger partial charge in [0.1, 0.15) is 11.6 Å². The molecule has 0 bridgehead atoms. The number of nitro groups is 1. The van der Waals surface area contributed by atoms with Crippen LogP contribution in [0.3, 0.4) is 0 Å². The molecule has 0 aromatic heterocycles. The Morgan fingerprint density at radius 1 is 1.24 bits per heavy atom. The fourth-order valence-electron chi connectivity index (χ4n) is 2.98. The second-order valence-electron chi connectivity index (χ2n) is 6.09. The number of ether oxygens (including phenoxy) is 1. The smallest absolute Gasteiger partial charge is 0.271 e. The highest BCUT2D eigenvalue weighted by molar-refractivity contribution is 6.33. The van der Waals surface area contributed by atoms with Gasteiger partial charge in [0.15, 0.2) is 0 Å². The molecule has 1 aliphatic rings. The number of non-ortho nitro benzene ring substituents is 1. The lowest BCUT2D eigenvalue weighted by atomic mass is 9.97. The first kappa shape index (κ1) is 17.5. The second kappa shape index (κ2) is 7.70. The number of benzene rings is 2. The van der Waals surface area contributed by atoms with Gasteiger partial charge in [0, 0.05) is 31.3 Å². The van der Waals surface area contributed by atoms with Gasteiger partial charge >= 0.3 is 0 Å². The van der Waals surface area contributed by atoms with E-state index < -0.39 is 4.92 Å². The minimum atomic E-state index is -0.453. The molecule has 2 aromatic carbocycles. The molecule has 25 heavy (non-hydrogen) atoms. The summed E-state index contributed by atoms with van der Waals surface area (Å²) in [6.07, 6.45) is 1.84. The van der Waals surface area contributed by atoms with Crippen molar-refractivity contribution in [2.45, 2.75) is 12.8 Å². The number of hydrogen-bond donors (Lipinski definition) is 0. The van der Waals surface area contributed by atoms with Crippen LogP contribution in [-0.4, -0.2) is 24.6 Å². The molecule has 0 spiro atoms. The number of anilines is 1. The summed E-state index contributed by atoms with van der Waals surface area (Å²) in [6.45, 7) is 2.15. The first-order valence-corrected chi connectivity index (χ1v) is 8.48. The maximum absolute atomic E-state index is 13.1. The SMILES string of the molecule is O=[N+]([O-])c1ccc(N2CCC(COc3cccc(F)c3)CC2)c(Cl)c1. The topological polar surface area (TPSA) is 55.6 Å². The lowest BCUT2D eigenvalue weighted by Gasteiger charge is -2.34. The van der Waals surface area contributed by atoms with Gasteiger partial charge in [0.25, 0.3) is 5.69 Å². The molecule has 1 saturated heterocycles. The summed E-state index contributed by atoms with van der Waals surface area (Å²) < 4.78 is 18.8. The first-order chi connectivity index (χ1) is 12.0. The van der Waals surface area contributed by atoms with Crippen LogP contribution in [0.2, 0.25) is 5.02 Å². The maximum Gasteiger partial charge on any atom is 0.271 e. The summed E-state index contributed by atoms with van der Waals surface area (Å²) in [5, 5.41) is 11.2. The van der Waals surface area contributed by atoms with Crippen LogP contribution in [0.15, 0.2) is 42.5 Å². The van der Waals surface area contributed by atoms with Crippen molar-refractivity contribution in [3.05, 3.63) is 63.4 Å². The van der Waals surface area contributed by atoms with Crippen LogP contribution in [0, 0.1) is 21.8 Å². The molecule has 1 heterocycles. The Morgan fingerprint density at radius 3 is 2.64 bits per heavy atom. The monoisotopic (exact) mass is 364 g/mol. The van der Waals surface area contributed by atoms with Crippen molar-refractivity contribution in [1.82, 2.24) is 0 Å². The molecule has 7 heteroatoms. The van der Waals surface area contributed by atoms with Gasteiger partial charge in [-0.1, -0.05) is 17.7 Å². The minimum Gasteiger partial charge on any atom is -0.493 e. The molecule has 0 radical (unpaired) electrons. The third kappa shape index (κ3) is 4.39. The normalized spacial score (nSPS) is 15.2. The summed E-state index contributed by atoms with van der Waals surface area (Å²) in [5.74, 6) is 0.623. The fourth-order valence-corrected chi connectivity index (χ4v) is 3.27. The summed E-state index contributed by atoms with van der Waals surface area (Å²) in [6, 6.07) is 10.7. The zero-order valence-electron chi connectivity index (χ0n) is 13.5. The Kier molecular flexibility index (Phi) is 5.38. The van der Waals surface area contributed by atoms with Gasteiger partial charge in [-0.15, -0.1) is 0 Å². The van der Waals surface area contributed by atoms with E-state index in [1.54, 1.807) is 18.2 Å². The lowest BCUT2D eigenvalue weighted by molar-refractivity contribution is -0.384. The Labute approximate surface area is 150 Å². The van der Waals surface area contributed by atoms with E-state index in [0.717, 1.165) is 31.6 Å². The van der Waals surface area contributed by atoms with Crippen molar-refractivity contribution in [2.75, 3.05) is 24.6 Å². The van der Waals surface area contributed by atoms with Gasteiger partial charge < -0.3 is 9.64 Å². The predicted molar refractivity (Wildman–Crippen MR) is 94.9 cm³/mol. The van der Waals surface area contributed by atoms with Gasteiger partial charge in [0.2, 0.25) is 0 Å². The van der Waals surface area contributed by atoms with Crippen LogP contribution in [0.25, 0.3) is 0 Å². The average molecular weight is 365 g/mol. The zero-order chi connectivity index (χ0) is 17.8. The van der Waals surface area contributed by atoms with E-state index in [1.807, 2.05) is 0 Å². The molecular weight excluding hydrogens is 347 g/mol. The van der Waals surface area contributed by atoms with Gasteiger partial charge in [0.05, 0.1) is 22.2 Å². The van der Waals surface area contributed by atoms with Crippen molar-refractivity contribution in [3.63, 3.8) is 0 Å². The summed E-state index contributed by atoms with van der Waals surface area (Å²) in [4.78, 5) is 12.5. The third-order valence-electron chi connectivity index (χ3n) is 4.38. The third-order valence-corrected chi connectivity index (χ3v) is 4.68. The zero-order valence-corrected chi connectivity index (χ0v) is 14.3. The van der Waals surface area contributed by atoms with Crippen molar-refractivity contribution < 1.29 is 14.1 Å². The molecule has 5 nitrogen and oxygen atoms in total. The van der Waals surface area contributed by atoms with E-state index in [1.165, 1.54) is 24.3 Å². The van der Waals surface area contributed by atoms with Crippen LogP contribution < -0.4 is 9.64 Å². The Bertz CT molecular complexity index is 764. The number of hydrogen-bond acceptors (Lipinski definition) is 4. The molecule has 0 aliphatic carbocycles. The molecule has 1 aliphatic heterocycles. The van der Waals surface area contributed by atoms with Crippen molar-refractivity contribution in [2.24, 2.45) is 5.92 Å². The second-order valence-corrected chi connectivity index (χ2v) is 6.50. The molecule has 0 saturated carbocycles. The van der Waals surface area contributed by atoms with E-state index in [9.17, 15) is 14.5 Å². The predicted octanol–water partition coefficient (Wildman–Crippen LogP) is 4.68. The summed E-state index contributed by atoms with van der Waals surface area (Å²) >= 11 is 6.19. The van der Waals surface area contributed by atoms with Gasteiger partial charge in [-0.2, -0.15) is 0 Å². The standard InChI is InChI=1S/C18H18ClFN2O3/c19-17-11-15(22(23)24)4-5-18(17)21-8-6-13(7-9-21)12-25-16-3-1-2-14(20)10-16/h1-5,10-11,13H,6-9,12H2. The molecule has 0 unspecified atom stereocenters. The number of piperidine rings is 1. The van der Waals surface area contributed by atoms with E-state index in [4.69, 9.17) is 16.3 Å². The van der Waals surface area contributed by atoms with Gasteiger partial charge in [-0.25, -0.2) is 4.39 Å². The molecular formula is C18H18ClFN2O3. The van der Waals surface area contributed by atoms with E-state index >= 15 is 0 Å². The van der Waals surface area contributed by atoms with Crippen LogP contribution in [0.1, 0.15) is 12.8 Å². The Morgan fingerprint density at radius 2 is 2.00 bits per heavy atom. The largest absolute Gasteiger partial charge is 0.493 e. The Balaban J connectivity index is 1.54. The summed E-state index contributed by atoms with van der Waals surface area (Å²) in [5.41, 5.74) is 0.809. The number of rotatable bonds is 5. The maximum atomic E-state index is 13.1. The summed E-state index contributed by atoms with van der Waals surface area (Å²) in [7, 11) is 0. The van der Waals surface area contributed by atoms with Crippen LogP contribution >= 0.6 is 11.6 Å². The molecule has 0 atom stereocenters. The van der Waals surface area contributed by atoms with Gasteiger partial charge in [-0.3, -0.25) is 10.1 Å². The van der Waals surface area contributed by atoms with Gasteiger partial charge in [-0.05, 0) is 37.0 Å². The molecule has 0 amide bonds. The molecule has 0 N–H and O–H groups in total. The Hall–Kier alpha value is -2.34. The molecule has 132 valence electrons. The quantitative estimate of drug-likeness (QED) is 0.571. The van der Waals surface area contributed by atoms with Crippen LogP contribution in [0.5, 0.6) is 5.75 Å². The van der Waals surface area contributed by atoms with Crippen LogP contribution in [-0.2, 0) is 0 Å². The highest BCUT2D eigenvalue weighted by Crippen LogP contribution is 2.32. The van der Waals surface area contributed by atoms with E-state index in [0.29, 0.717) is 23.3 Å². The number of halogens is 2. The molecule has 1 fully saturated rings.